The van der Waals surface area contributed by atoms with E-state index >= 15 is 0 Å². The van der Waals surface area contributed by atoms with Crippen molar-refractivity contribution < 1.29 is 41.3 Å². The van der Waals surface area contributed by atoms with Crippen LogP contribution in [0.2, 0.25) is 0 Å². The number of carbonyl (C=O) groups is 1. The Kier molecular flexibility index (Phi) is 7.77. The third-order valence-corrected chi connectivity index (χ3v) is 5.10. The van der Waals surface area contributed by atoms with Gasteiger partial charge in [-0.15, -0.1) is 0 Å². The molecule has 3 aromatic rings. The minimum Gasteiger partial charge on any atom is -0.475 e. The molecule has 1 aromatic heterocycles. The van der Waals surface area contributed by atoms with Gasteiger partial charge in [-0.05, 0) is 41.8 Å². The Morgan fingerprint density at radius 1 is 1.19 bits per heavy atom. The number of aliphatic carboxylic acids is 1. The molecule has 14 heteroatoms. The number of nitrogens with two attached hydrogens (primary N) is 1. The molecule has 1 aliphatic heterocycles. The van der Waals surface area contributed by atoms with Crippen LogP contribution in [0.4, 0.5) is 22.0 Å². The molecular formula is C22H19F5N4O5. The highest BCUT2D eigenvalue weighted by Gasteiger charge is 2.38. The molecule has 4 N–H and O–H groups in total. The lowest BCUT2D eigenvalue weighted by atomic mass is 9.98. The average Bonchev–Trinajstić information content (AvgIpc) is 3.43. The molecule has 0 aliphatic carbocycles. The van der Waals surface area contributed by atoms with Gasteiger partial charge in [0.2, 0.25) is 6.79 Å². The Morgan fingerprint density at radius 3 is 2.47 bits per heavy atom. The van der Waals surface area contributed by atoms with E-state index in [1.165, 1.54) is 4.57 Å². The second-order valence-corrected chi connectivity index (χ2v) is 7.35. The molecule has 36 heavy (non-hydrogen) atoms. The molecule has 0 fully saturated rings. The Hall–Kier alpha value is -4.20. The maximum atomic E-state index is 13.1. The molecule has 4 rings (SSSR count). The number of carboxylic acid groups (broad SMARTS) is 1. The first-order chi connectivity index (χ1) is 16.9. The van der Waals surface area contributed by atoms with Crippen LogP contribution < -0.4 is 20.9 Å². The minimum absolute atomic E-state index is 0.161. The molecule has 0 unspecified atom stereocenters. The van der Waals surface area contributed by atoms with Crippen LogP contribution in [0.5, 0.6) is 11.5 Å². The summed E-state index contributed by atoms with van der Waals surface area (Å²) in [5.74, 6) is -1.28. The lowest BCUT2D eigenvalue weighted by Gasteiger charge is -2.14. The highest BCUT2D eigenvalue weighted by Crippen LogP contribution is 2.37. The van der Waals surface area contributed by atoms with Gasteiger partial charge >= 0.3 is 17.8 Å². The van der Waals surface area contributed by atoms with Crippen molar-refractivity contribution in [2.45, 2.75) is 19.5 Å². The highest BCUT2D eigenvalue weighted by atomic mass is 19.4. The van der Waals surface area contributed by atoms with Crippen LogP contribution in [0.1, 0.15) is 11.4 Å². The Balaban J connectivity index is 0.000000454. The topological polar surface area (TPSA) is 132 Å². The molecule has 9 nitrogen and oxygen atoms in total. The number of hydrogen-bond donors (Lipinski definition) is 3. The fraction of sp³-hybridized carbons (Fsp3) is 0.227. The number of halogens is 5. The number of aromatic nitrogens is 3. The molecule has 0 spiro atoms. The van der Waals surface area contributed by atoms with Crippen LogP contribution in [0.25, 0.3) is 16.8 Å². The zero-order valence-electron chi connectivity index (χ0n) is 18.5. The lowest BCUT2D eigenvalue weighted by molar-refractivity contribution is -0.192. The Morgan fingerprint density at radius 2 is 1.86 bits per heavy atom. The summed E-state index contributed by atoms with van der Waals surface area (Å²) in [6.45, 7) is 1.71. The van der Waals surface area contributed by atoms with E-state index in [9.17, 15) is 26.7 Å². The van der Waals surface area contributed by atoms with Crippen molar-refractivity contribution in [3.63, 3.8) is 0 Å². The summed E-state index contributed by atoms with van der Waals surface area (Å²) in [6.07, 6.45) is -7.18. The quantitative estimate of drug-likeness (QED) is 0.444. The Labute approximate surface area is 199 Å². The number of ether oxygens (including phenoxy) is 2. The van der Waals surface area contributed by atoms with Crippen molar-refractivity contribution in [1.82, 2.24) is 14.8 Å². The number of hydrogen-bond acceptors (Lipinski definition) is 6. The first-order valence-electron chi connectivity index (χ1n) is 10.1. The second kappa shape index (κ2) is 10.6. The summed E-state index contributed by atoms with van der Waals surface area (Å²) < 4.78 is 69.9. The maximum Gasteiger partial charge on any atom is 0.490 e. The number of H-pyrrole nitrogens is 1. The number of benzene rings is 2. The molecule has 0 saturated heterocycles. The summed E-state index contributed by atoms with van der Waals surface area (Å²) >= 11 is 0. The van der Waals surface area contributed by atoms with Crippen LogP contribution >= 0.6 is 0 Å². The van der Waals surface area contributed by atoms with Gasteiger partial charge < -0.3 is 20.3 Å². The fourth-order valence-electron chi connectivity index (χ4n) is 3.35. The van der Waals surface area contributed by atoms with Crippen molar-refractivity contribution in [2.75, 3.05) is 13.3 Å². The maximum absolute atomic E-state index is 13.1. The van der Waals surface area contributed by atoms with E-state index < -0.39 is 23.9 Å². The molecule has 0 radical (unpaired) electrons. The van der Waals surface area contributed by atoms with Gasteiger partial charge in [-0.2, -0.15) is 27.1 Å². The predicted octanol–water partition coefficient (Wildman–Crippen LogP) is 3.55. The van der Waals surface area contributed by atoms with Crippen LogP contribution in [-0.2, 0) is 11.2 Å². The molecular weight excluding hydrogens is 495 g/mol. The average molecular weight is 514 g/mol. The van der Waals surface area contributed by atoms with E-state index in [0.717, 1.165) is 16.7 Å². The molecule has 0 atom stereocenters. The Bertz CT molecular complexity index is 1360. The minimum atomic E-state index is -5.08. The standard InChI is InChI=1S/C20H18F2N4O3.C2HF3O2/c1-11-14(12-5-6-16-17(7-12)29-10-28-16)3-2-4-15(11)26-18(24-25-20(26)27)8-13(9-23)19(21)22;3-2(4,5)1(6)7/h2-7H,8-10,23H2,1H3,(H,25,27);(H,6,7). The van der Waals surface area contributed by atoms with Crippen LogP contribution in [0.15, 0.2) is 52.8 Å². The van der Waals surface area contributed by atoms with E-state index in [-0.39, 0.29) is 31.2 Å². The van der Waals surface area contributed by atoms with E-state index in [4.69, 9.17) is 25.1 Å². The monoisotopic (exact) mass is 514 g/mol. The summed E-state index contributed by atoms with van der Waals surface area (Å²) in [5, 5.41) is 13.4. The van der Waals surface area contributed by atoms with Gasteiger partial charge in [-0.25, -0.2) is 19.3 Å². The zero-order chi connectivity index (χ0) is 26.6. The lowest BCUT2D eigenvalue weighted by Crippen LogP contribution is -2.21. The molecule has 0 amide bonds. The van der Waals surface area contributed by atoms with Crippen molar-refractivity contribution in [2.24, 2.45) is 5.73 Å². The van der Waals surface area contributed by atoms with Gasteiger partial charge in [-0.3, -0.25) is 0 Å². The zero-order valence-corrected chi connectivity index (χ0v) is 18.5. The third kappa shape index (κ3) is 5.71. The molecule has 192 valence electrons. The third-order valence-electron chi connectivity index (χ3n) is 5.10. The van der Waals surface area contributed by atoms with Crippen molar-refractivity contribution in [3.8, 4) is 28.3 Å². The summed E-state index contributed by atoms with van der Waals surface area (Å²) in [7, 11) is 0. The molecule has 0 saturated carbocycles. The second-order valence-electron chi connectivity index (χ2n) is 7.35. The predicted molar refractivity (Wildman–Crippen MR) is 116 cm³/mol. The summed E-state index contributed by atoms with van der Waals surface area (Å²) in [4.78, 5) is 21.3. The first-order valence-corrected chi connectivity index (χ1v) is 10.1. The summed E-state index contributed by atoms with van der Waals surface area (Å²) in [6, 6.07) is 11.0. The summed E-state index contributed by atoms with van der Waals surface area (Å²) in [5.41, 5.74) is 7.70. The van der Waals surface area contributed by atoms with Gasteiger partial charge in [0.05, 0.1) is 5.69 Å². The van der Waals surface area contributed by atoms with Crippen LogP contribution in [-0.4, -0.2) is 45.4 Å². The van der Waals surface area contributed by atoms with E-state index in [1.807, 2.05) is 31.2 Å². The van der Waals surface area contributed by atoms with E-state index in [2.05, 4.69) is 10.2 Å². The normalized spacial score (nSPS) is 12.1. The number of carboxylic acids is 1. The fourth-order valence-corrected chi connectivity index (χ4v) is 3.35. The number of aromatic amines is 1. The number of rotatable bonds is 5. The number of fused-ring (bicyclic) bond motifs is 1. The molecule has 2 heterocycles. The number of alkyl halides is 3. The number of nitrogens with one attached hydrogen (secondary N) is 1. The highest BCUT2D eigenvalue weighted by molar-refractivity contribution is 5.74. The van der Waals surface area contributed by atoms with E-state index in [0.29, 0.717) is 17.2 Å². The molecule has 1 aliphatic rings. The van der Waals surface area contributed by atoms with Gasteiger partial charge in [-0.1, -0.05) is 18.2 Å². The molecule has 2 aromatic carbocycles. The van der Waals surface area contributed by atoms with Crippen molar-refractivity contribution in [1.29, 1.82) is 0 Å². The van der Waals surface area contributed by atoms with Gasteiger partial charge in [0, 0.05) is 18.5 Å². The van der Waals surface area contributed by atoms with E-state index in [1.54, 1.807) is 12.1 Å². The molecule has 0 bridgehead atoms. The van der Waals surface area contributed by atoms with Gasteiger partial charge in [0.15, 0.2) is 11.5 Å². The van der Waals surface area contributed by atoms with Crippen molar-refractivity contribution >= 4 is 5.97 Å². The van der Waals surface area contributed by atoms with Crippen molar-refractivity contribution in [3.05, 3.63) is 69.9 Å². The van der Waals surface area contributed by atoms with Crippen LogP contribution in [0, 0.1) is 6.92 Å². The largest absolute Gasteiger partial charge is 0.490 e. The van der Waals surface area contributed by atoms with Gasteiger partial charge in [0.1, 0.15) is 5.82 Å². The number of nitrogens with zero attached hydrogens (tertiary/aromatic N) is 2. The van der Waals surface area contributed by atoms with Crippen LogP contribution in [0.3, 0.4) is 0 Å². The SMILES string of the molecule is Cc1c(-c2ccc3c(c2)OCO3)cccc1-n1c(CC(CN)=C(F)F)n[nH]c1=O.O=C(O)C(F)(F)F. The van der Waals surface area contributed by atoms with Gasteiger partial charge in [0.25, 0.3) is 6.08 Å². The first kappa shape index (κ1) is 26.4. The smallest absolute Gasteiger partial charge is 0.475 e.